The molecule has 1 aromatic rings. The predicted molar refractivity (Wildman–Crippen MR) is 111 cm³/mol. The van der Waals surface area contributed by atoms with Gasteiger partial charge in [-0.25, -0.2) is 5.01 Å². The summed E-state index contributed by atoms with van der Waals surface area (Å²) >= 11 is 0. The van der Waals surface area contributed by atoms with Crippen molar-refractivity contribution in [3.63, 3.8) is 0 Å². The zero-order chi connectivity index (χ0) is 22.8. The lowest BCUT2D eigenvalue weighted by molar-refractivity contribution is -0.176. The third-order valence-electron chi connectivity index (χ3n) is 6.10. The van der Waals surface area contributed by atoms with Gasteiger partial charge in [0, 0.05) is 18.5 Å². The predicted octanol–water partition coefficient (Wildman–Crippen LogP) is 0.134. The molecule has 0 radical (unpaired) electrons. The molecular formula is C22H26N4O6. The van der Waals surface area contributed by atoms with Gasteiger partial charge in [0.2, 0.25) is 11.8 Å². The summed E-state index contributed by atoms with van der Waals surface area (Å²) < 4.78 is 5.08. The van der Waals surface area contributed by atoms with Crippen LogP contribution in [0.3, 0.4) is 0 Å². The van der Waals surface area contributed by atoms with Crippen LogP contribution in [0.1, 0.15) is 49.4 Å². The van der Waals surface area contributed by atoms with Crippen molar-refractivity contribution >= 4 is 29.6 Å². The van der Waals surface area contributed by atoms with Crippen molar-refractivity contribution in [2.24, 2.45) is 0 Å². The highest BCUT2D eigenvalue weighted by molar-refractivity contribution is 5.99. The number of fused-ring (bicyclic) bond motifs is 1. The average Bonchev–Trinajstić information content (AvgIpc) is 3.05. The minimum absolute atomic E-state index is 0.0615. The number of carbonyl (C=O) groups excluding carboxylic acids is 5. The van der Waals surface area contributed by atoms with E-state index >= 15 is 0 Å². The van der Waals surface area contributed by atoms with Crippen LogP contribution in [0.5, 0.6) is 0 Å². The Balaban J connectivity index is 1.53. The van der Waals surface area contributed by atoms with Crippen molar-refractivity contribution in [1.82, 2.24) is 20.7 Å². The Morgan fingerprint density at radius 3 is 2.50 bits per heavy atom. The van der Waals surface area contributed by atoms with Crippen LogP contribution in [-0.2, 0) is 23.9 Å². The first kappa shape index (κ1) is 21.8. The van der Waals surface area contributed by atoms with Crippen LogP contribution in [-0.4, -0.2) is 70.4 Å². The van der Waals surface area contributed by atoms with E-state index in [0.29, 0.717) is 24.9 Å². The Morgan fingerprint density at radius 2 is 1.81 bits per heavy atom. The van der Waals surface area contributed by atoms with E-state index in [1.54, 1.807) is 37.3 Å². The second-order valence-corrected chi connectivity index (χ2v) is 8.30. The van der Waals surface area contributed by atoms with Crippen molar-refractivity contribution in [3.8, 4) is 0 Å². The minimum Gasteiger partial charge on any atom is -0.460 e. The van der Waals surface area contributed by atoms with Gasteiger partial charge in [-0.15, -0.1) is 0 Å². The van der Waals surface area contributed by atoms with Crippen molar-refractivity contribution in [1.29, 1.82) is 0 Å². The number of ether oxygens (including phenoxy) is 1. The van der Waals surface area contributed by atoms with Gasteiger partial charge in [-0.1, -0.05) is 18.2 Å². The molecule has 170 valence electrons. The monoisotopic (exact) mass is 442 g/mol. The Morgan fingerprint density at radius 1 is 1.06 bits per heavy atom. The molecule has 3 aliphatic rings. The second kappa shape index (κ2) is 8.97. The van der Waals surface area contributed by atoms with E-state index in [4.69, 9.17) is 4.74 Å². The second-order valence-electron chi connectivity index (χ2n) is 8.30. The van der Waals surface area contributed by atoms with Crippen LogP contribution >= 0.6 is 0 Å². The molecule has 3 heterocycles. The number of rotatable bonds is 4. The van der Waals surface area contributed by atoms with Gasteiger partial charge in [0.25, 0.3) is 11.8 Å². The van der Waals surface area contributed by atoms with Gasteiger partial charge in [-0.2, -0.15) is 0 Å². The molecule has 3 fully saturated rings. The SMILES string of the molecule is CC1OC(=O)CC1NC(=O)C1CCCN2C(=O)CCC(NC(=O)c3ccccc3)C(=O)N12. The highest BCUT2D eigenvalue weighted by Gasteiger charge is 2.45. The number of nitrogens with one attached hydrogen (secondary N) is 2. The molecule has 0 bridgehead atoms. The summed E-state index contributed by atoms with van der Waals surface area (Å²) in [6, 6.07) is 6.17. The number of hydrazine groups is 1. The maximum Gasteiger partial charge on any atom is 0.308 e. The molecule has 0 aromatic heterocycles. The molecule has 0 saturated carbocycles. The van der Waals surface area contributed by atoms with E-state index in [2.05, 4.69) is 10.6 Å². The van der Waals surface area contributed by atoms with E-state index in [-0.39, 0.29) is 25.2 Å². The third kappa shape index (κ3) is 4.30. The Bertz CT molecular complexity index is 936. The molecule has 10 nitrogen and oxygen atoms in total. The molecule has 32 heavy (non-hydrogen) atoms. The highest BCUT2D eigenvalue weighted by Crippen LogP contribution is 2.26. The van der Waals surface area contributed by atoms with E-state index in [1.807, 2.05) is 0 Å². The molecule has 4 atom stereocenters. The first-order valence-corrected chi connectivity index (χ1v) is 10.8. The van der Waals surface area contributed by atoms with Crippen LogP contribution in [0.2, 0.25) is 0 Å². The summed E-state index contributed by atoms with van der Waals surface area (Å²) in [7, 11) is 0. The summed E-state index contributed by atoms with van der Waals surface area (Å²) in [5, 5.41) is 8.04. The van der Waals surface area contributed by atoms with Crippen molar-refractivity contribution in [2.75, 3.05) is 6.54 Å². The number of hydrogen-bond acceptors (Lipinski definition) is 6. The molecular weight excluding hydrogens is 416 g/mol. The average molecular weight is 442 g/mol. The number of nitrogens with zero attached hydrogens (tertiary/aromatic N) is 2. The number of esters is 1. The van der Waals surface area contributed by atoms with Crippen LogP contribution < -0.4 is 10.6 Å². The van der Waals surface area contributed by atoms with Gasteiger partial charge in [-0.05, 0) is 38.3 Å². The first-order valence-electron chi connectivity index (χ1n) is 10.8. The van der Waals surface area contributed by atoms with Crippen LogP contribution in [0, 0.1) is 0 Å². The molecule has 4 unspecified atom stereocenters. The van der Waals surface area contributed by atoms with Gasteiger partial charge >= 0.3 is 5.97 Å². The van der Waals surface area contributed by atoms with Crippen molar-refractivity contribution in [2.45, 2.75) is 63.3 Å². The fourth-order valence-electron chi connectivity index (χ4n) is 4.37. The smallest absolute Gasteiger partial charge is 0.308 e. The fourth-order valence-corrected chi connectivity index (χ4v) is 4.37. The Hall–Kier alpha value is -3.43. The summed E-state index contributed by atoms with van der Waals surface area (Å²) in [6.45, 7) is 2.02. The third-order valence-corrected chi connectivity index (χ3v) is 6.10. The standard InChI is InChI=1S/C22H26N4O6/c1-13-16(12-19(28)32-13)24-21(30)17-8-5-11-25-18(27)10-9-15(22(31)26(17)25)23-20(29)14-6-3-2-4-7-14/h2-4,6-7,13,15-17H,5,8-12H2,1H3,(H,23,29)(H,24,30). The number of benzene rings is 1. The Kier molecular flexibility index (Phi) is 6.11. The van der Waals surface area contributed by atoms with Gasteiger partial charge in [0.05, 0.1) is 12.5 Å². The van der Waals surface area contributed by atoms with Gasteiger partial charge in [0.1, 0.15) is 18.2 Å². The topological polar surface area (TPSA) is 125 Å². The van der Waals surface area contributed by atoms with E-state index < -0.39 is 47.9 Å². The van der Waals surface area contributed by atoms with Gasteiger partial charge in [0.15, 0.2) is 0 Å². The van der Waals surface area contributed by atoms with Crippen LogP contribution in [0.4, 0.5) is 0 Å². The van der Waals surface area contributed by atoms with E-state index in [9.17, 15) is 24.0 Å². The number of amides is 4. The summed E-state index contributed by atoms with van der Waals surface area (Å²) in [4.78, 5) is 63.4. The van der Waals surface area contributed by atoms with E-state index in [1.165, 1.54) is 10.0 Å². The molecule has 1 aromatic carbocycles. The summed E-state index contributed by atoms with van der Waals surface area (Å²) in [5.74, 6) is -2.01. The molecule has 4 amide bonds. The maximum atomic E-state index is 13.4. The lowest BCUT2D eigenvalue weighted by Crippen LogP contribution is -2.64. The normalized spacial score (nSPS) is 28.0. The lowest BCUT2D eigenvalue weighted by atomic mass is 10.0. The molecule has 3 saturated heterocycles. The van der Waals surface area contributed by atoms with Crippen LogP contribution in [0.15, 0.2) is 30.3 Å². The molecule has 0 aliphatic carbocycles. The quantitative estimate of drug-likeness (QED) is 0.639. The van der Waals surface area contributed by atoms with Gasteiger partial charge < -0.3 is 15.4 Å². The highest BCUT2D eigenvalue weighted by atomic mass is 16.6. The molecule has 0 spiro atoms. The summed E-state index contributed by atoms with van der Waals surface area (Å²) in [5.41, 5.74) is 0.403. The largest absolute Gasteiger partial charge is 0.460 e. The molecule has 2 N–H and O–H groups in total. The zero-order valence-corrected chi connectivity index (χ0v) is 17.8. The molecule has 10 heteroatoms. The number of hydrogen-bond donors (Lipinski definition) is 2. The Labute approximate surface area is 185 Å². The zero-order valence-electron chi connectivity index (χ0n) is 17.8. The molecule has 4 rings (SSSR count). The van der Waals surface area contributed by atoms with Crippen LogP contribution in [0.25, 0.3) is 0 Å². The lowest BCUT2D eigenvalue weighted by Gasteiger charge is -2.43. The summed E-state index contributed by atoms with van der Waals surface area (Å²) in [6.07, 6.45) is 0.760. The van der Waals surface area contributed by atoms with Crippen molar-refractivity contribution in [3.05, 3.63) is 35.9 Å². The van der Waals surface area contributed by atoms with Gasteiger partial charge in [-0.3, -0.25) is 29.0 Å². The number of carbonyl (C=O) groups is 5. The number of cyclic esters (lactones) is 1. The first-order chi connectivity index (χ1) is 15.3. The maximum absolute atomic E-state index is 13.4. The van der Waals surface area contributed by atoms with E-state index in [0.717, 1.165) is 0 Å². The minimum atomic E-state index is -0.930. The van der Waals surface area contributed by atoms with Crippen molar-refractivity contribution < 1.29 is 28.7 Å². The fraction of sp³-hybridized carbons (Fsp3) is 0.500. The molecule has 3 aliphatic heterocycles.